The van der Waals surface area contributed by atoms with Crippen LogP contribution in [-0.4, -0.2) is 21.3 Å². The summed E-state index contributed by atoms with van der Waals surface area (Å²) in [7, 11) is 5.22. The van der Waals surface area contributed by atoms with Crippen LogP contribution in [0.3, 0.4) is 0 Å². The van der Waals surface area contributed by atoms with Crippen LogP contribution in [0.5, 0.6) is 11.5 Å². The van der Waals surface area contributed by atoms with E-state index < -0.39 is 0 Å². The third kappa shape index (κ3) is 3.14. The Morgan fingerprint density at radius 2 is 1.81 bits per heavy atom. The zero-order valence-electron chi connectivity index (χ0n) is 12.7. The van der Waals surface area contributed by atoms with Crippen molar-refractivity contribution in [2.75, 3.05) is 21.3 Å². The normalized spacial score (nSPS) is 12.0. The summed E-state index contributed by atoms with van der Waals surface area (Å²) in [6.07, 6.45) is 0. The summed E-state index contributed by atoms with van der Waals surface area (Å²) >= 11 is 6.47. The van der Waals surface area contributed by atoms with Crippen molar-refractivity contribution >= 4 is 11.6 Å². The van der Waals surface area contributed by atoms with E-state index in [9.17, 15) is 0 Å². The van der Waals surface area contributed by atoms with E-state index >= 15 is 0 Å². The largest absolute Gasteiger partial charge is 0.497 e. The number of hydrogen-bond acceptors (Lipinski definition) is 3. The van der Waals surface area contributed by atoms with Crippen LogP contribution < -0.4 is 14.8 Å². The Labute approximate surface area is 130 Å². The zero-order valence-corrected chi connectivity index (χ0v) is 13.5. The maximum absolute atomic E-state index is 6.47. The molecule has 1 unspecified atom stereocenters. The van der Waals surface area contributed by atoms with Gasteiger partial charge < -0.3 is 14.8 Å². The second-order valence-electron chi connectivity index (χ2n) is 4.81. The molecule has 0 saturated carbocycles. The van der Waals surface area contributed by atoms with Gasteiger partial charge in [-0.15, -0.1) is 0 Å². The molecule has 1 atom stereocenters. The van der Waals surface area contributed by atoms with E-state index in [0.717, 1.165) is 33.2 Å². The molecule has 0 radical (unpaired) electrons. The van der Waals surface area contributed by atoms with Gasteiger partial charge in [-0.2, -0.15) is 0 Å². The van der Waals surface area contributed by atoms with Gasteiger partial charge in [-0.1, -0.05) is 29.8 Å². The first-order valence-corrected chi connectivity index (χ1v) is 7.14. The lowest BCUT2D eigenvalue weighted by Gasteiger charge is -2.22. The summed E-state index contributed by atoms with van der Waals surface area (Å²) in [4.78, 5) is 0. The van der Waals surface area contributed by atoms with Gasteiger partial charge in [-0.05, 0) is 43.3 Å². The van der Waals surface area contributed by atoms with Crippen molar-refractivity contribution in [2.24, 2.45) is 0 Å². The molecule has 4 heteroatoms. The summed E-state index contributed by atoms with van der Waals surface area (Å²) in [6, 6.07) is 11.7. The Morgan fingerprint density at radius 3 is 2.43 bits per heavy atom. The molecule has 0 aliphatic rings. The lowest BCUT2D eigenvalue weighted by molar-refractivity contribution is 0.395. The second-order valence-corrected chi connectivity index (χ2v) is 5.19. The Kier molecular flexibility index (Phi) is 5.10. The summed E-state index contributed by atoms with van der Waals surface area (Å²) in [6.45, 7) is 2.00. The Hall–Kier alpha value is -1.71. The summed E-state index contributed by atoms with van der Waals surface area (Å²) in [5.41, 5.74) is 3.06. The van der Waals surface area contributed by atoms with Gasteiger partial charge in [0, 0.05) is 10.6 Å². The van der Waals surface area contributed by atoms with E-state index in [-0.39, 0.29) is 6.04 Å². The number of ether oxygens (including phenoxy) is 2. The van der Waals surface area contributed by atoms with E-state index in [1.807, 2.05) is 50.4 Å². The number of halogens is 1. The van der Waals surface area contributed by atoms with Crippen LogP contribution in [0.15, 0.2) is 36.4 Å². The molecule has 0 aliphatic carbocycles. The zero-order chi connectivity index (χ0) is 15.4. The first-order chi connectivity index (χ1) is 10.1. The minimum absolute atomic E-state index is 0.0672. The monoisotopic (exact) mass is 305 g/mol. The molecule has 112 valence electrons. The average Bonchev–Trinajstić information content (AvgIpc) is 2.52. The minimum Gasteiger partial charge on any atom is -0.497 e. The highest BCUT2D eigenvalue weighted by Crippen LogP contribution is 2.36. The molecule has 0 heterocycles. The van der Waals surface area contributed by atoms with E-state index in [0.29, 0.717) is 0 Å². The lowest BCUT2D eigenvalue weighted by atomic mass is 9.96. The minimum atomic E-state index is -0.0672. The van der Waals surface area contributed by atoms with Crippen LogP contribution in [0, 0.1) is 6.92 Å². The van der Waals surface area contributed by atoms with Crippen LogP contribution in [0.25, 0.3) is 0 Å². The molecule has 0 amide bonds. The van der Waals surface area contributed by atoms with Crippen LogP contribution in [0.1, 0.15) is 22.7 Å². The molecule has 2 aromatic rings. The first kappa shape index (κ1) is 15.7. The SMILES string of the molecule is CNC(c1cc(OC)ccc1OC)c1cccc(C)c1Cl. The third-order valence-corrected chi connectivity index (χ3v) is 4.09. The van der Waals surface area contributed by atoms with Crippen molar-refractivity contribution in [3.8, 4) is 11.5 Å². The van der Waals surface area contributed by atoms with Crippen molar-refractivity contribution in [1.82, 2.24) is 5.32 Å². The predicted octanol–water partition coefficient (Wildman–Crippen LogP) is 3.97. The summed E-state index contributed by atoms with van der Waals surface area (Å²) in [5.74, 6) is 1.59. The standard InChI is InChI=1S/C17H20ClNO2/c1-11-6-5-7-13(16(11)18)17(19-2)14-10-12(20-3)8-9-15(14)21-4/h5-10,17,19H,1-4H3. The van der Waals surface area contributed by atoms with Gasteiger partial charge in [-0.3, -0.25) is 0 Å². The number of nitrogens with one attached hydrogen (secondary N) is 1. The topological polar surface area (TPSA) is 30.5 Å². The van der Waals surface area contributed by atoms with Gasteiger partial charge in [0.15, 0.2) is 0 Å². The van der Waals surface area contributed by atoms with Crippen LogP contribution >= 0.6 is 11.6 Å². The highest BCUT2D eigenvalue weighted by atomic mass is 35.5. The second kappa shape index (κ2) is 6.83. The molecular weight excluding hydrogens is 286 g/mol. The molecule has 1 N–H and O–H groups in total. The van der Waals surface area contributed by atoms with Crippen LogP contribution in [-0.2, 0) is 0 Å². The van der Waals surface area contributed by atoms with Crippen molar-refractivity contribution < 1.29 is 9.47 Å². The van der Waals surface area contributed by atoms with Crippen molar-refractivity contribution in [1.29, 1.82) is 0 Å². The smallest absolute Gasteiger partial charge is 0.124 e. The van der Waals surface area contributed by atoms with Crippen molar-refractivity contribution in [2.45, 2.75) is 13.0 Å². The molecule has 0 spiro atoms. The number of rotatable bonds is 5. The highest BCUT2D eigenvalue weighted by Gasteiger charge is 2.20. The summed E-state index contributed by atoms with van der Waals surface area (Å²) < 4.78 is 10.8. The average molecular weight is 306 g/mol. The lowest BCUT2D eigenvalue weighted by Crippen LogP contribution is -2.19. The summed E-state index contributed by atoms with van der Waals surface area (Å²) in [5, 5.41) is 4.07. The maximum Gasteiger partial charge on any atom is 0.124 e. The van der Waals surface area contributed by atoms with Gasteiger partial charge in [0.1, 0.15) is 11.5 Å². The molecule has 0 aliphatic heterocycles. The molecular formula is C17H20ClNO2. The highest BCUT2D eigenvalue weighted by molar-refractivity contribution is 6.32. The number of hydrogen-bond donors (Lipinski definition) is 1. The van der Waals surface area contributed by atoms with Gasteiger partial charge in [0.05, 0.1) is 20.3 Å². The fourth-order valence-corrected chi connectivity index (χ4v) is 2.67. The molecule has 2 aromatic carbocycles. The predicted molar refractivity (Wildman–Crippen MR) is 86.6 cm³/mol. The van der Waals surface area contributed by atoms with Gasteiger partial charge in [-0.25, -0.2) is 0 Å². The molecule has 2 rings (SSSR count). The van der Waals surface area contributed by atoms with E-state index in [1.54, 1.807) is 14.2 Å². The molecule has 21 heavy (non-hydrogen) atoms. The maximum atomic E-state index is 6.47. The quantitative estimate of drug-likeness (QED) is 0.906. The van der Waals surface area contributed by atoms with E-state index in [4.69, 9.17) is 21.1 Å². The Balaban J connectivity index is 2.57. The van der Waals surface area contributed by atoms with Crippen molar-refractivity contribution in [3.05, 3.63) is 58.1 Å². The molecule has 0 saturated heterocycles. The molecule has 0 fully saturated rings. The van der Waals surface area contributed by atoms with Gasteiger partial charge in [0.25, 0.3) is 0 Å². The Bertz CT molecular complexity index is 628. The van der Waals surface area contributed by atoms with E-state index in [1.165, 1.54) is 0 Å². The fourth-order valence-electron chi connectivity index (χ4n) is 2.44. The third-order valence-electron chi connectivity index (χ3n) is 3.57. The van der Waals surface area contributed by atoms with Gasteiger partial charge >= 0.3 is 0 Å². The molecule has 3 nitrogen and oxygen atoms in total. The van der Waals surface area contributed by atoms with Crippen molar-refractivity contribution in [3.63, 3.8) is 0 Å². The first-order valence-electron chi connectivity index (χ1n) is 6.76. The fraction of sp³-hybridized carbons (Fsp3) is 0.294. The van der Waals surface area contributed by atoms with Crippen LogP contribution in [0.4, 0.5) is 0 Å². The molecule has 0 aromatic heterocycles. The number of aryl methyl sites for hydroxylation is 1. The number of methoxy groups -OCH3 is 2. The van der Waals surface area contributed by atoms with E-state index in [2.05, 4.69) is 5.32 Å². The number of benzene rings is 2. The van der Waals surface area contributed by atoms with Crippen LogP contribution in [0.2, 0.25) is 5.02 Å². The molecule has 0 bridgehead atoms. The van der Waals surface area contributed by atoms with Gasteiger partial charge in [0.2, 0.25) is 0 Å². The Morgan fingerprint density at radius 1 is 1.05 bits per heavy atom.